The van der Waals surface area contributed by atoms with Crippen LogP contribution >= 0.6 is 0 Å². The summed E-state index contributed by atoms with van der Waals surface area (Å²) >= 11 is 0. The second kappa shape index (κ2) is 7.01. The average molecular weight is 285 g/mol. The van der Waals surface area contributed by atoms with Gasteiger partial charge in [-0.05, 0) is 19.9 Å². The monoisotopic (exact) mass is 285 g/mol. The van der Waals surface area contributed by atoms with Crippen LogP contribution < -0.4 is 5.32 Å². The van der Waals surface area contributed by atoms with Crippen molar-refractivity contribution in [2.45, 2.75) is 25.5 Å². The van der Waals surface area contributed by atoms with Crippen molar-refractivity contribution in [3.8, 4) is 0 Å². The van der Waals surface area contributed by atoms with Crippen LogP contribution in [0.5, 0.6) is 0 Å². The van der Waals surface area contributed by atoms with E-state index < -0.39 is 17.9 Å². The third kappa shape index (κ3) is 3.47. The van der Waals surface area contributed by atoms with Crippen LogP contribution in [0.2, 0.25) is 0 Å². The van der Waals surface area contributed by atoms with Crippen LogP contribution in [0.4, 0.5) is 0 Å². The van der Waals surface area contributed by atoms with Gasteiger partial charge in [-0.15, -0.1) is 0 Å². The summed E-state index contributed by atoms with van der Waals surface area (Å²) in [5, 5.41) is 12.3. The molecule has 114 valence electrons. The number of rotatable bonds is 1. The summed E-state index contributed by atoms with van der Waals surface area (Å²) in [6.07, 6.45) is 0.463. The molecule has 2 rings (SSSR count). The van der Waals surface area contributed by atoms with Crippen LogP contribution in [0.25, 0.3) is 0 Å². The molecular formula is C13H23N3O4. The highest BCUT2D eigenvalue weighted by Gasteiger charge is 2.34. The topological polar surface area (TPSA) is 82.1 Å². The zero-order valence-corrected chi connectivity index (χ0v) is 11.9. The van der Waals surface area contributed by atoms with Gasteiger partial charge in [0, 0.05) is 26.2 Å². The Morgan fingerprint density at radius 1 is 1.30 bits per heavy atom. The van der Waals surface area contributed by atoms with Gasteiger partial charge in [0.1, 0.15) is 0 Å². The van der Waals surface area contributed by atoms with Gasteiger partial charge in [-0.2, -0.15) is 0 Å². The maximum absolute atomic E-state index is 12.4. The Balaban J connectivity index is 1.99. The fraction of sp³-hybridized carbons (Fsp3) is 0.846. The first-order valence-electron chi connectivity index (χ1n) is 7.16. The predicted octanol–water partition coefficient (Wildman–Crippen LogP) is -1.58. The zero-order chi connectivity index (χ0) is 14.5. The molecular weight excluding hydrogens is 262 g/mol. The smallest absolute Gasteiger partial charge is 0.312 e. The Kier molecular flexibility index (Phi) is 5.33. The van der Waals surface area contributed by atoms with E-state index in [9.17, 15) is 9.59 Å². The molecule has 0 aliphatic carbocycles. The highest BCUT2D eigenvalue weighted by atomic mass is 16.5. The molecule has 7 nitrogen and oxygen atoms in total. The van der Waals surface area contributed by atoms with Crippen molar-refractivity contribution in [1.82, 2.24) is 15.1 Å². The number of carbonyl (C=O) groups is 2. The summed E-state index contributed by atoms with van der Waals surface area (Å²) in [6, 6.07) is -0.139. The second-order valence-corrected chi connectivity index (χ2v) is 5.34. The lowest BCUT2D eigenvalue weighted by molar-refractivity contribution is -0.160. The number of aliphatic hydroxyl groups is 1. The van der Waals surface area contributed by atoms with Crippen LogP contribution in [0.15, 0.2) is 0 Å². The number of ether oxygens (including phenoxy) is 1. The van der Waals surface area contributed by atoms with Gasteiger partial charge in [0.15, 0.2) is 0 Å². The molecule has 0 aromatic rings. The third-order valence-corrected chi connectivity index (χ3v) is 3.78. The van der Waals surface area contributed by atoms with Crippen LogP contribution in [0, 0.1) is 0 Å². The summed E-state index contributed by atoms with van der Waals surface area (Å²) in [7, 11) is 0. The molecule has 0 radical (unpaired) electrons. The minimum Gasteiger partial charge on any atom is -0.394 e. The van der Waals surface area contributed by atoms with Gasteiger partial charge in [0.05, 0.1) is 25.4 Å². The summed E-state index contributed by atoms with van der Waals surface area (Å²) in [6.45, 7) is 5.10. The predicted molar refractivity (Wildman–Crippen MR) is 72.1 cm³/mol. The molecule has 2 unspecified atom stereocenters. The van der Waals surface area contributed by atoms with Gasteiger partial charge in [-0.1, -0.05) is 0 Å². The van der Waals surface area contributed by atoms with Gasteiger partial charge in [-0.25, -0.2) is 0 Å². The molecule has 2 aliphatic rings. The highest BCUT2D eigenvalue weighted by molar-refractivity contribution is 6.35. The minimum absolute atomic E-state index is 0.139. The Morgan fingerprint density at radius 3 is 2.85 bits per heavy atom. The first kappa shape index (κ1) is 15.2. The Morgan fingerprint density at radius 2 is 2.10 bits per heavy atom. The van der Waals surface area contributed by atoms with Crippen LogP contribution in [-0.4, -0.2) is 84.8 Å². The number of carbonyl (C=O) groups excluding carboxylic acids is 2. The average Bonchev–Trinajstić information content (AvgIpc) is 2.75. The highest BCUT2D eigenvalue weighted by Crippen LogP contribution is 2.13. The van der Waals surface area contributed by atoms with Gasteiger partial charge in [0.2, 0.25) is 0 Å². The number of nitrogens with zero attached hydrogens (tertiary/aromatic N) is 2. The summed E-state index contributed by atoms with van der Waals surface area (Å²) in [5.74, 6) is -0.930. The molecule has 2 fully saturated rings. The molecule has 2 saturated heterocycles. The first-order valence-corrected chi connectivity index (χ1v) is 7.16. The standard InChI is InChI=1S/C13H23N3O4/c1-10-9-20-11(8-17)7-16(10)13(19)12(18)15-5-2-3-14-4-6-15/h10-11,14,17H,2-9H2,1H3. The summed E-state index contributed by atoms with van der Waals surface area (Å²) in [4.78, 5) is 27.8. The van der Waals surface area contributed by atoms with E-state index in [-0.39, 0.29) is 19.2 Å². The van der Waals surface area contributed by atoms with Gasteiger partial charge >= 0.3 is 11.8 Å². The molecule has 0 bridgehead atoms. The lowest BCUT2D eigenvalue weighted by atomic mass is 10.2. The van der Waals surface area contributed by atoms with Crippen LogP contribution in [-0.2, 0) is 14.3 Å². The summed E-state index contributed by atoms with van der Waals surface area (Å²) in [5.41, 5.74) is 0. The van der Waals surface area contributed by atoms with E-state index in [0.717, 1.165) is 19.5 Å². The van der Waals surface area contributed by atoms with Gasteiger partial charge < -0.3 is 25.0 Å². The minimum atomic E-state index is -0.485. The van der Waals surface area contributed by atoms with E-state index >= 15 is 0 Å². The third-order valence-electron chi connectivity index (χ3n) is 3.78. The Hall–Kier alpha value is -1.18. The fourth-order valence-corrected chi connectivity index (χ4v) is 2.52. The molecule has 0 aromatic heterocycles. The number of nitrogens with one attached hydrogen (secondary N) is 1. The maximum atomic E-state index is 12.4. The van der Waals surface area contributed by atoms with Gasteiger partial charge in [0.25, 0.3) is 0 Å². The molecule has 0 spiro atoms. The van der Waals surface area contributed by atoms with Crippen molar-refractivity contribution >= 4 is 11.8 Å². The molecule has 2 atom stereocenters. The molecule has 2 N–H and O–H groups in total. The quantitative estimate of drug-likeness (QED) is 0.568. The van der Waals surface area contributed by atoms with E-state index in [2.05, 4.69) is 5.32 Å². The van der Waals surface area contributed by atoms with Crippen molar-refractivity contribution < 1.29 is 19.4 Å². The molecule has 2 aliphatic heterocycles. The number of morpholine rings is 1. The van der Waals surface area contributed by atoms with E-state index in [1.807, 2.05) is 6.92 Å². The number of hydrogen-bond donors (Lipinski definition) is 2. The SMILES string of the molecule is CC1COC(CO)CN1C(=O)C(=O)N1CCCNCC1. The summed E-state index contributed by atoms with van der Waals surface area (Å²) < 4.78 is 5.39. The van der Waals surface area contributed by atoms with Crippen molar-refractivity contribution in [2.75, 3.05) is 45.9 Å². The van der Waals surface area contributed by atoms with Crippen molar-refractivity contribution in [2.24, 2.45) is 0 Å². The first-order chi connectivity index (χ1) is 9.63. The molecule has 7 heteroatoms. The van der Waals surface area contributed by atoms with Crippen LogP contribution in [0.1, 0.15) is 13.3 Å². The van der Waals surface area contributed by atoms with Crippen molar-refractivity contribution in [3.63, 3.8) is 0 Å². The largest absolute Gasteiger partial charge is 0.394 e. The van der Waals surface area contributed by atoms with E-state index in [1.165, 1.54) is 4.90 Å². The number of aliphatic hydroxyl groups excluding tert-OH is 1. The lowest BCUT2D eigenvalue weighted by Crippen LogP contribution is -2.56. The van der Waals surface area contributed by atoms with Crippen molar-refractivity contribution in [1.29, 1.82) is 0 Å². The van der Waals surface area contributed by atoms with E-state index in [4.69, 9.17) is 9.84 Å². The molecule has 2 heterocycles. The maximum Gasteiger partial charge on any atom is 0.312 e. The van der Waals surface area contributed by atoms with Gasteiger partial charge in [-0.3, -0.25) is 9.59 Å². The molecule has 0 saturated carbocycles. The Labute approximate surface area is 118 Å². The number of amides is 2. The lowest BCUT2D eigenvalue weighted by Gasteiger charge is -2.37. The van der Waals surface area contributed by atoms with Crippen molar-refractivity contribution in [3.05, 3.63) is 0 Å². The van der Waals surface area contributed by atoms with E-state index in [1.54, 1.807) is 4.90 Å². The van der Waals surface area contributed by atoms with Crippen LogP contribution in [0.3, 0.4) is 0 Å². The number of hydrogen-bond acceptors (Lipinski definition) is 5. The molecule has 0 aromatic carbocycles. The Bertz CT molecular complexity index is 356. The fourth-order valence-electron chi connectivity index (χ4n) is 2.52. The molecule has 20 heavy (non-hydrogen) atoms. The second-order valence-electron chi connectivity index (χ2n) is 5.34. The zero-order valence-electron chi connectivity index (χ0n) is 11.9. The van der Waals surface area contributed by atoms with E-state index in [0.29, 0.717) is 19.7 Å². The molecule has 2 amide bonds. The normalized spacial score (nSPS) is 28.1.